The molecule has 4 nitrogen and oxygen atoms in total. The number of carbonyl (C=O) groups is 1. The van der Waals surface area contributed by atoms with E-state index in [1.54, 1.807) is 24.5 Å². The highest BCUT2D eigenvalue weighted by molar-refractivity contribution is 5.92. The van der Waals surface area contributed by atoms with Gasteiger partial charge in [0.15, 0.2) is 0 Å². The smallest absolute Gasteiger partial charge is 0.273 e. The summed E-state index contributed by atoms with van der Waals surface area (Å²) in [6.07, 6.45) is 3.17. The first kappa shape index (κ1) is 23.2. The fraction of sp³-hybridized carbons (Fsp3) is 0.179. The van der Waals surface area contributed by atoms with Gasteiger partial charge in [0.2, 0.25) is 5.91 Å². The standard InChI is InChI=1S/C28H25F2N3O/c1-3-28(29,30)23-12-6-20(7-13-23)18-25(34)33-24-14-10-22(11-15-24)27-26(31-16-17-32-27)21-8-4-19(2)5-9-21/h4-17H,3,18H2,1-2H3,(H,33,34). The highest BCUT2D eigenvalue weighted by atomic mass is 19.3. The zero-order valence-electron chi connectivity index (χ0n) is 19.1. The topological polar surface area (TPSA) is 54.9 Å². The van der Waals surface area contributed by atoms with E-state index in [-0.39, 0.29) is 24.3 Å². The number of hydrogen-bond acceptors (Lipinski definition) is 3. The summed E-state index contributed by atoms with van der Waals surface area (Å²) in [5, 5.41) is 2.85. The van der Waals surface area contributed by atoms with E-state index < -0.39 is 5.92 Å². The summed E-state index contributed by atoms with van der Waals surface area (Å²) in [6.45, 7) is 3.48. The first-order valence-corrected chi connectivity index (χ1v) is 11.1. The minimum Gasteiger partial charge on any atom is -0.326 e. The fourth-order valence-corrected chi connectivity index (χ4v) is 3.64. The molecule has 1 amide bonds. The molecule has 3 aromatic carbocycles. The lowest BCUT2D eigenvalue weighted by Crippen LogP contribution is -2.15. The molecule has 0 saturated heterocycles. The van der Waals surface area contributed by atoms with E-state index in [2.05, 4.69) is 15.3 Å². The van der Waals surface area contributed by atoms with Gasteiger partial charge in [0.1, 0.15) is 0 Å². The lowest BCUT2D eigenvalue weighted by atomic mass is 10.0. The maximum Gasteiger partial charge on any atom is 0.273 e. The molecule has 172 valence electrons. The molecule has 1 N–H and O–H groups in total. The lowest BCUT2D eigenvalue weighted by molar-refractivity contribution is -0.115. The Hall–Kier alpha value is -3.93. The largest absolute Gasteiger partial charge is 0.326 e. The second-order valence-electron chi connectivity index (χ2n) is 8.18. The van der Waals surface area contributed by atoms with Gasteiger partial charge >= 0.3 is 0 Å². The molecule has 0 atom stereocenters. The monoisotopic (exact) mass is 457 g/mol. The number of nitrogens with one attached hydrogen (secondary N) is 1. The van der Waals surface area contributed by atoms with E-state index >= 15 is 0 Å². The summed E-state index contributed by atoms with van der Waals surface area (Å²) < 4.78 is 27.5. The van der Waals surface area contributed by atoms with Crippen molar-refractivity contribution in [3.05, 3.63) is 102 Å². The van der Waals surface area contributed by atoms with Gasteiger partial charge in [0.05, 0.1) is 17.8 Å². The van der Waals surface area contributed by atoms with Crippen LogP contribution in [0.25, 0.3) is 22.5 Å². The Kier molecular flexibility index (Phi) is 6.77. The molecule has 0 aliphatic rings. The molecule has 4 rings (SSSR count). The second kappa shape index (κ2) is 9.91. The SMILES string of the molecule is CCC(F)(F)c1ccc(CC(=O)Nc2ccc(-c3nccnc3-c3ccc(C)cc3)cc2)cc1. The maximum absolute atomic E-state index is 13.8. The summed E-state index contributed by atoms with van der Waals surface area (Å²) in [5.74, 6) is -3.08. The molecule has 6 heteroatoms. The van der Waals surface area contributed by atoms with Crippen molar-refractivity contribution in [2.24, 2.45) is 0 Å². The van der Waals surface area contributed by atoms with Gasteiger partial charge in [0, 0.05) is 41.2 Å². The molecule has 0 fully saturated rings. The third-order valence-corrected chi connectivity index (χ3v) is 5.65. The number of amides is 1. The predicted octanol–water partition coefficient (Wildman–Crippen LogP) is 6.80. The van der Waals surface area contributed by atoms with Crippen LogP contribution in [-0.4, -0.2) is 15.9 Å². The molecule has 4 aromatic rings. The van der Waals surface area contributed by atoms with Crippen LogP contribution >= 0.6 is 0 Å². The van der Waals surface area contributed by atoms with Crippen LogP contribution in [0.3, 0.4) is 0 Å². The fourth-order valence-electron chi connectivity index (χ4n) is 3.64. The molecule has 0 radical (unpaired) electrons. The Labute approximate surface area is 197 Å². The van der Waals surface area contributed by atoms with Crippen molar-refractivity contribution in [2.75, 3.05) is 5.32 Å². The summed E-state index contributed by atoms with van der Waals surface area (Å²) in [4.78, 5) is 21.5. The van der Waals surface area contributed by atoms with Crippen LogP contribution in [-0.2, 0) is 17.1 Å². The Morgan fingerprint density at radius 3 is 1.88 bits per heavy atom. The van der Waals surface area contributed by atoms with Gasteiger partial charge in [-0.1, -0.05) is 73.2 Å². The number of rotatable bonds is 7. The molecule has 0 saturated carbocycles. The third kappa shape index (κ3) is 5.34. The van der Waals surface area contributed by atoms with Crippen molar-refractivity contribution in [1.82, 2.24) is 9.97 Å². The number of anilines is 1. The molecule has 0 spiro atoms. The van der Waals surface area contributed by atoms with Gasteiger partial charge in [-0.15, -0.1) is 0 Å². The average Bonchev–Trinajstić information content (AvgIpc) is 2.85. The molecular formula is C28H25F2N3O. The Balaban J connectivity index is 1.45. The molecule has 0 unspecified atom stereocenters. The van der Waals surface area contributed by atoms with E-state index in [1.165, 1.54) is 24.6 Å². The number of hydrogen-bond donors (Lipinski definition) is 1. The summed E-state index contributed by atoms with van der Waals surface area (Å²) in [6, 6.07) is 21.4. The van der Waals surface area contributed by atoms with E-state index in [1.807, 2.05) is 55.5 Å². The lowest BCUT2D eigenvalue weighted by Gasteiger charge is -2.14. The quantitative estimate of drug-likeness (QED) is 0.332. The predicted molar refractivity (Wildman–Crippen MR) is 131 cm³/mol. The van der Waals surface area contributed by atoms with Gasteiger partial charge < -0.3 is 5.32 Å². The molecule has 1 heterocycles. The first-order chi connectivity index (χ1) is 16.4. The van der Waals surface area contributed by atoms with Crippen LogP contribution in [0.2, 0.25) is 0 Å². The number of aromatic nitrogens is 2. The van der Waals surface area contributed by atoms with Gasteiger partial charge in [-0.25, -0.2) is 8.78 Å². The molecule has 0 bridgehead atoms. The van der Waals surface area contributed by atoms with Crippen LogP contribution in [0, 0.1) is 6.92 Å². The molecular weight excluding hydrogens is 432 g/mol. The number of benzene rings is 3. The van der Waals surface area contributed by atoms with Gasteiger partial charge in [-0.2, -0.15) is 0 Å². The van der Waals surface area contributed by atoms with Gasteiger partial charge in [0.25, 0.3) is 5.92 Å². The highest BCUT2D eigenvalue weighted by Gasteiger charge is 2.28. The third-order valence-electron chi connectivity index (χ3n) is 5.65. The average molecular weight is 458 g/mol. The van der Waals surface area contributed by atoms with Crippen molar-refractivity contribution in [2.45, 2.75) is 32.6 Å². The summed E-state index contributed by atoms with van der Waals surface area (Å²) >= 11 is 0. The Bertz CT molecular complexity index is 1270. The highest BCUT2D eigenvalue weighted by Crippen LogP contribution is 2.31. The van der Waals surface area contributed by atoms with E-state index in [4.69, 9.17) is 0 Å². The van der Waals surface area contributed by atoms with Crippen molar-refractivity contribution in [3.8, 4) is 22.5 Å². The van der Waals surface area contributed by atoms with Crippen molar-refractivity contribution in [1.29, 1.82) is 0 Å². The minimum atomic E-state index is -2.86. The van der Waals surface area contributed by atoms with Crippen LogP contribution < -0.4 is 5.32 Å². The minimum absolute atomic E-state index is 0.0382. The summed E-state index contributed by atoms with van der Waals surface area (Å²) in [7, 11) is 0. The maximum atomic E-state index is 13.8. The van der Waals surface area contributed by atoms with Crippen LogP contribution in [0.5, 0.6) is 0 Å². The zero-order chi connectivity index (χ0) is 24.1. The Morgan fingerprint density at radius 2 is 1.35 bits per heavy atom. The van der Waals surface area contributed by atoms with Crippen molar-refractivity contribution >= 4 is 11.6 Å². The number of alkyl halides is 2. The van der Waals surface area contributed by atoms with Crippen LogP contribution in [0.15, 0.2) is 85.2 Å². The Morgan fingerprint density at radius 1 is 0.824 bits per heavy atom. The molecule has 34 heavy (non-hydrogen) atoms. The number of carbonyl (C=O) groups excluding carboxylic acids is 1. The van der Waals surface area contributed by atoms with Crippen molar-refractivity contribution < 1.29 is 13.6 Å². The molecule has 0 aliphatic carbocycles. The van der Waals surface area contributed by atoms with E-state index in [0.717, 1.165) is 22.5 Å². The van der Waals surface area contributed by atoms with E-state index in [9.17, 15) is 13.6 Å². The van der Waals surface area contributed by atoms with Crippen LogP contribution in [0.4, 0.5) is 14.5 Å². The normalized spacial score (nSPS) is 11.3. The zero-order valence-corrected chi connectivity index (χ0v) is 19.1. The second-order valence-corrected chi connectivity index (χ2v) is 8.18. The van der Waals surface area contributed by atoms with Crippen molar-refractivity contribution in [3.63, 3.8) is 0 Å². The molecule has 1 aromatic heterocycles. The first-order valence-electron chi connectivity index (χ1n) is 11.1. The van der Waals surface area contributed by atoms with Gasteiger partial charge in [-0.3, -0.25) is 14.8 Å². The van der Waals surface area contributed by atoms with E-state index in [0.29, 0.717) is 11.3 Å². The number of halogens is 2. The van der Waals surface area contributed by atoms with Gasteiger partial charge in [-0.05, 0) is 24.6 Å². The van der Waals surface area contributed by atoms with Crippen LogP contribution in [0.1, 0.15) is 30.0 Å². The number of nitrogens with zero attached hydrogens (tertiary/aromatic N) is 2. The number of aryl methyl sites for hydroxylation is 1. The summed E-state index contributed by atoms with van der Waals surface area (Å²) in [5.41, 5.74) is 5.86. The molecule has 0 aliphatic heterocycles.